The van der Waals surface area contributed by atoms with E-state index >= 15 is 0 Å². The molecular weight excluding hydrogens is 220 g/mol. The molecule has 94 valence electrons. The second-order valence-corrected chi connectivity index (χ2v) is 4.90. The Hall–Kier alpha value is -1.59. The van der Waals surface area contributed by atoms with Crippen LogP contribution in [0, 0.1) is 23.0 Å². The first-order chi connectivity index (χ1) is 8.00. The van der Waals surface area contributed by atoms with Crippen molar-refractivity contribution in [3.63, 3.8) is 0 Å². The quantitative estimate of drug-likeness (QED) is 0.644. The van der Waals surface area contributed by atoms with Gasteiger partial charge < -0.3 is 5.73 Å². The second kappa shape index (κ2) is 4.35. The minimum Gasteiger partial charge on any atom is -0.378 e. The fourth-order valence-electron chi connectivity index (χ4n) is 2.43. The van der Waals surface area contributed by atoms with E-state index in [1.807, 2.05) is 6.92 Å². The molecule has 0 saturated heterocycles. The number of nitrogens with two attached hydrogens (primary N) is 1. The van der Waals surface area contributed by atoms with Crippen LogP contribution in [0.3, 0.4) is 0 Å². The Morgan fingerprint density at radius 2 is 2.29 bits per heavy atom. The maximum absolute atomic E-state index is 10.8. The zero-order valence-electron chi connectivity index (χ0n) is 10.2. The number of anilines is 1. The Bertz CT molecular complexity index is 437. The number of nitro groups is 1. The summed E-state index contributed by atoms with van der Waals surface area (Å²) in [6, 6.07) is 0.132. The van der Waals surface area contributed by atoms with Crippen molar-refractivity contribution in [2.45, 2.75) is 45.6 Å². The first-order valence-electron chi connectivity index (χ1n) is 5.99. The number of aryl methyl sites for hydroxylation is 1. The highest BCUT2D eigenvalue weighted by molar-refractivity contribution is 5.56. The van der Waals surface area contributed by atoms with E-state index in [2.05, 4.69) is 5.10 Å². The summed E-state index contributed by atoms with van der Waals surface area (Å²) in [7, 11) is 0. The molecule has 0 amide bonds. The molecule has 1 unspecified atom stereocenters. The molecule has 1 saturated carbocycles. The van der Waals surface area contributed by atoms with E-state index < -0.39 is 4.92 Å². The molecule has 1 aliphatic rings. The van der Waals surface area contributed by atoms with Gasteiger partial charge in [-0.25, -0.2) is 4.68 Å². The van der Waals surface area contributed by atoms with Gasteiger partial charge in [0.2, 0.25) is 5.82 Å². The number of hydrogen-bond donors (Lipinski definition) is 1. The van der Waals surface area contributed by atoms with Crippen molar-refractivity contribution in [3.05, 3.63) is 15.8 Å². The summed E-state index contributed by atoms with van der Waals surface area (Å²) < 4.78 is 1.60. The van der Waals surface area contributed by atoms with Gasteiger partial charge in [0.15, 0.2) is 0 Å². The summed E-state index contributed by atoms with van der Waals surface area (Å²) >= 11 is 0. The van der Waals surface area contributed by atoms with E-state index in [0.717, 1.165) is 12.3 Å². The van der Waals surface area contributed by atoms with Crippen molar-refractivity contribution in [1.82, 2.24) is 9.78 Å². The minimum absolute atomic E-state index is 0.0505. The first-order valence-corrected chi connectivity index (χ1v) is 5.99. The van der Waals surface area contributed by atoms with Crippen molar-refractivity contribution >= 4 is 11.5 Å². The molecule has 1 heterocycles. The SMILES string of the molecule is Cc1nn(C(C)CC2CCC2)c(N)c1[N+](=O)[O-]. The molecule has 1 atom stereocenters. The molecule has 17 heavy (non-hydrogen) atoms. The summed E-state index contributed by atoms with van der Waals surface area (Å²) in [6.45, 7) is 3.64. The van der Waals surface area contributed by atoms with Gasteiger partial charge in [-0.05, 0) is 26.2 Å². The lowest BCUT2D eigenvalue weighted by molar-refractivity contribution is -0.384. The minimum atomic E-state index is -0.454. The Labute approximate surface area is 99.9 Å². The van der Waals surface area contributed by atoms with Crippen LogP contribution in [0.5, 0.6) is 0 Å². The van der Waals surface area contributed by atoms with Crippen LogP contribution in [0.1, 0.15) is 44.3 Å². The van der Waals surface area contributed by atoms with Crippen LogP contribution in [-0.4, -0.2) is 14.7 Å². The van der Waals surface area contributed by atoms with Gasteiger partial charge >= 0.3 is 5.69 Å². The molecule has 1 aliphatic carbocycles. The lowest BCUT2D eigenvalue weighted by atomic mass is 9.81. The topological polar surface area (TPSA) is 87.0 Å². The standard InChI is InChI=1S/C11H18N4O2/c1-7(6-9-4-3-5-9)14-11(12)10(15(16)17)8(2)13-14/h7,9H,3-6,12H2,1-2H3. The smallest absolute Gasteiger partial charge is 0.333 e. The third kappa shape index (κ3) is 2.11. The van der Waals surface area contributed by atoms with Crippen LogP contribution >= 0.6 is 0 Å². The summed E-state index contributed by atoms with van der Waals surface area (Å²) in [5.74, 6) is 0.910. The van der Waals surface area contributed by atoms with Gasteiger partial charge in [-0.3, -0.25) is 10.1 Å². The average molecular weight is 238 g/mol. The first kappa shape index (κ1) is 11.9. The lowest BCUT2D eigenvalue weighted by Gasteiger charge is -2.28. The highest BCUT2D eigenvalue weighted by Crippen LogP contribution is 2.36. The molecule has 0 aliphatic heterocycles. The zero-order chi connectivity index (χ0) is 12.6. The number of aromatic nitrogens is 2. The van der Waals surface area contributed by atoms with Crippen molar-refractivity contribution in [2.24, 2.45) is 5.92 Å². The molecule has 0 radical (unpaired) electrons. The number of nitrogen functional groups attached to an aromatic ring is 1. The zero-order valence-corrected chi connectivity index (χ0v) is 10.2. The second-order valence-electron chi connectivity index (χ2n) is 4.90. The van der Waals surface area contributed by atoms with Gasteiger partial charge in [0.25, 0.3) is 0 Å². The van der Waals surface area contributed by atoms with E-state index in [1.165, 1.54) is 19.3 Å². The van der Waals surface area contributed by atoms with Crippen LogP contribution in [0.15, 0.2) is 0 Å². The molecule has 2 N–H and O–H groups in total. The van der Waals surface area contributed by atoms with Crippen LogP contribution in [0.25, 0.3) is 0 Å². The van der Waals surface area contributed by atoms with Crippen LogP contribution in [0.4, 0.5) is 11.5 Å². The summed E-state index contributed by atoms with van der Waals surface area (Å²) in [6.07, 6.45) is 4.81. The molecule has 1 aromatic heterocycles. The van der Waals surface area contributed by atoms with Crippen molar-refractivity contribution in [1.29, 1.82) is 0 Å². The van der Waals surface area contributed by atoms with Crippen molar-refractivity contribution in [3.8, 4) is 0 Å². The predicted octanol–water partition coefficient (Wildman–Crippen LogP) is 2.43. The number of nitrogens with zero attached hydrogens (tertiary/aromatic N) is 3. The van der Waals surface area contributed by atoms with E-state index in [0.29, 0.717) is 5.69 Å². The number of rotatable bonds is 4. The number of hydrogen-bond acceptors (Lipinski definition) is 4. The van der Waals surface area contributed by atoms with Gasteiger partial charge in [-0.1, -0.05) is 19.3 Å². The van der Waals surface area contributed by atoms with E-state index in [9.17, 15) is 10.1 Å². The van der Waals surface area contributed by atoms with Crippen molar-refractivity contribution in [2.75, 3.05) is 5.73 Å². The molecule has 1 fully saturated rings. The van der Waals surface area contributed by atoms with Gasteiger partial charge in [0, 0.05) is 0 Å². The van der Waals surface area contributed by atoms with Crippen LogP contribution in [-0.2, 0) is 0 Å². The Morgan fingerprint density at radius 3 is 2.71 bits per heavy atom. The molecule has 0 spiro atoms. The Kier molecular flexibility index (Phi) is 3.04. The maximum Gasteiger partial charge on any atom is 0.333 e. The predicted molar refractivity (Wildman–Crippen MR) is 64.7 cm³/mol. The summed E-state index contributed by atoms with van der Waals surface area (Å²) in [4.78, 5) is 10.4. The lowest BCUT2D eigenvalue weighted by Crippen LogP contribution is -2.19. The van der Waals surface area contributed by atoms with Crippen LogP contribution in [0.2, 0.25) is 0 Å². The van der Waals surface area contributed by atoms with E-state index in [4.69, 9.17) is 5.73 Å². The highest BCUT2D eigenvalue weighted by atomic mass is 16.6. The third-order valence-electron chi connectivity index (χ3n) is 3.59. The summed E-state index contributed by atoms with van der Waals surface area (Å²) in [5, 5.41) is 15.0. The summed E-state index contributed by atoms with van der Waals surface area (Å²) in [5.41, 5.74) is 6.15. The molecular formula is C11H18N4O2. The van der Waals surface area contributed by atoms with Crippen LogP contribution < -0.4 is 5.73 Å². The normalized spacial score (nSPS) is 17.8. The average Bonchev–Trinajstić information content (AvgIpc) is 2.47. The van der Waals surface area contributed by atoms with Gasteiger partial charge in [0.05, 0.1) is 11.0 Å². The molecule has 2 rings (SSSR count). The molecule has 0 bridgehead atoms. The molecule has 6 nitrogen and oxygen atoms in total. The highest BCUT2D eigenvalue weighted by Gasteiger charge is 2.27. The largest absolute Gasteiger partial charge is 0.378 e. The monoisotopic (exact) mass is 238 g/mol. The third-order valence-corrected chi connectivity index (χ3v) is 3.59. The molecule has 0 aromatic carbocycles. The fourth-order valence-corrected chi connectivity index (χ4v) is 2.43. The maximum atomic E-state index is 10.8. The van der Waals surface area contributed by atoms with Gasteiger partial charge in [0.1, 0.15) is 5.69 Å². The fraction of sp³-hybridized carbons (Fsp3) is 0.727. The molecule has 6 heteroatoms. The Balaban J connectivity index is 2.19. The Morgan fingerprint density at radius 1 is 1.65 bits per heavy atom. The van der Waals surface area contributed by atoms with Crippen molar-refractivity contribution < 1.29 is 4.92 Å². The van der Waals surface area contributed by atoms with Gasteiger partial charge in [-0.15, -0.1) is 0 Å². The molecule has 1 aromatic rings. The van der Waals surface area contributed by atoms with E-state index in [-0.39, 0.29) is 17.5 Å². The van der Waals surface area contributed by atoms with E-state index in [1.54, 1.807) is 11.6 Å². The van der Waals surface area contributed by atoms with Gasteiger partial charge in [-0.2, -0.15) is 5.10 Å².